The highest BCUT2D eigenvalue weighted by Crippen LogP contribution is 2.42. The number of nitrogens with two attached hydrogens (primary N) is 1. The van der Waals surface area contributed by atoms with Gasteiger partial charge in [0.2, 0.25) is 0 Å². The maximum absolute atomic E-state index is 12.3. The molecule has 0 saturated heterocycles. The molecule has 1 heterocycles. The summed E-state index contributed by atoms with van der Waals surface area (Å²) in [6, 6.07) is 35.4. The lowest BCUT2D eigenvalue weighted by molar-refractivity contribution is -0.126. The Labute approximate surface area is 343 Å². The fourth-order valence-corrected chi connectivity index (χ4v) is 8.10. The van der Waals surface area contributed by atoms with E-state index in [1.54, 1.807) is 24.3 Å². The molecular formula is C50H58N2O6. The molecule has 304 valence electrons. The van der Waals surface area contributed by atoms with Crippen molar-refractivity contribution in [3.05, 3.63) is 143 Å². The maximum atomic E-state index is 12.3. The molecule has 8 nitrogen and oxygen atoms in total. The van der Waals surface area contributed by atoms with Gasteiger partial charge in [0.15, 0.2) is 5.78 Å². The summed E-state index contributed by atoms with van der Waals surface area (Å²) in [5.41, 5.74) is 13.5. The zero-order valence-corrected chi connectivity index (χ0v) is 34.7. The summed E-state index contributed by atoms with van der Waals surface area (Å²) in [6.45, 7) is 13.7. The number of ketones is 2. The van der Waals surface area contributed by atoms with Crippen molar-refractivity contribution in [3.8, 4) is 16.9 Å². The first-order chi connectivity index (χ1) is 27.4. The van der Waals surface area contributed by atoms with Gasteiger partial charge in [-0.3, -0.25) is 9.59 Å². The molecule has 58 heavy (non-hydrogen) atoms. The number of aromatic nitrogens is 1. The molecule has 2 aliphatic carbocycles. The Kier molecular flexibility index (Phi) is 14.0. The molecule has 0 amide bonds. The second kappa shape index (κ2) is 18.7. The summed E-state index contributed by atoms with van der Waals surface area (Å²) >= 11 is 0. The number of nitrogen functional groups attached to an aromatic ring is 1. The number of Topliss-reactive ketones (excluding diaryl/α,β-unsaturated/α-hetero) is 2. The third-order valence-electron chi connectivity index (χ3n) is 11.7. The van der Waals surface area contributed by atoms with Gasteiger partial charge in [-0.05, 0) is 108 Å². The molecule has 3 atom stereocenters. The summed E-state index contributed by atoms with van der Waals surface area (Å²) < 4.78 is 2.27. The summed E-state index contributed by atoms with van der Waals surface area (Å²) in [7, 11) is 0. The van der Waals surface area contributed by atoms with Crippen molar-refractivity contribution in [2.24, 2.45) is 28.6 Å². The van der Waals surface area contributed by atoms with Crippen molar-refractivity contribution in [1.82, 2.24) is 4.57 Å². The quantitative estimate of drug-likeness (QED) is 0.110. The fourth-order valence-electron chi connectivity index (χ4n) is 8.10. The van der Waals surface area contributed by atoms with Gasteiger partial charge >= 0.3 is 11.9 Å². The van der Waals surface area contributed by atoms with Crippen LogP contribution in [0.1, 0.15) is 116 Å². The van der Waals surface area contributed by atoms with E-state index in [4.69, 9.17) is 10.8 Å². The van der Waals surface area contributed by atoms with E-state index in [1.165, 1.54) is 23.4 Å². The normalized spacial score (nSPS) is 17.8. The van der Waals surface area contributed by atoms with Crippen LogP contribution in [0.5, 0.6) is 0 Å². The first-order valence-corrected chi connectivity index (χ1v) is 20.2. The van der Waals surface area contributed by atoms with Crippen LogP contribution in [0.15, 0.2) is 115 Å². The fraction of sp³-hybridized carbons (Fsp3) is 0.360. The number of hydrogen-bond donors (Lipinski definition) is 3. The van der Waals surface area contributed by atoms with E-state index in [9.17, 15) is 24.3 Å². The predicted molar refractivity (Wildman–Crippen MR) is 232 cm³/mol. The zero-order chi connectivity index (χ0) is 42.2. The van der Waals surface area contributed by atoms with Gasteiger partial charge in [-0.2, -0.15) is 0 Å². The average molecular weight is 783 g/mol. The van der Waals surface area contributed by atoms with E-state index in [1.807, 2.05) is 48.5 Å². The van der Waals surface area contributed by atoms with Crippen LogP contribution in [0, 0.1) is 28.6 Å². The zero-order valence-electron chi connectivity index (χ0n) is 34.7. The molecule has 1 saturated carbocycles. The van der Waals surface area contributed by atoms with Crippen LogP contribution in [0.4, 0.5) is 5.69 Å². The third kappa shape index (κ3) is 11.2. The number of aromatic carboxylic acids is 2. The summed E-state index contributed by atoms with van der Waals surface area (Å²) in [5.74, 6) is -0.364. The Bertz CT molecular complexity index is 2210. The molecule has 0 spiro atoms. The number of nitrogens with zero attached hydrogens (tertiary/aromatic N) is 1. The molecule has 0 aliphatic heterocycles. The van der Waals surface area contributed by atoms with Crippen LogP contribution in [0.25, 0.3) is 16.9 Å². The van der Waals surface area contributed by atoms with Gasteiger partial charge < -0.3 is 20.5 Å². The molecule has 1 fully saturated rings. The first-order valence-electron chi connectivity index (χ1n) is 20.2. The Morgan fingerprint density at radius 3 is 1.79 bits per heavy atom. The van der Waals surface area contributed by atoms with Crippen LogP contribution >= 0.6 is 0 Å². The smallest absolute Gasteiger partial charge is 0.335 e. The maximum Gasteiger partial charge on any atom is 0.335 e. The van der Waals surface area contributed by atoms with Gasteiger partial charge in [0, 0.05) is 41.4 Å². The minimum absolute atomic E-state index is 0.0827. The molecule has 0 bridgehead atoms. The number of carboxylic acid groups (broad SMARTS) is 2. The number of carboxylic acids is 2. The van der Waals surface area contributed by atoms with Gasteiger partial charge in [-0.15, -0.1) is 0 Å². The van der Waals surface area contributed by atoms with E-state index in [0.717, 1.165) is 54.6 Å². The number of fused-ring (bicyclic) bond motifs is 1. The topological polar surface area (TPSA) is 140 Å². The molecule has 5 aromatic rings. The lowest BCUT2D eigenvalue weighted by Crippen LogP contribution is -2.33. The first kappa shape index (κ1) is 43.4. The monoisotopic (exact) mass is 782 g/mol. The van der Waals surface area contributed by atoms with Crippen LogP contribution < -0.4 is 5.73 Å². The average Bonchev–Trinajstić information content (AvgIpc) is 3.58. The minimum Gasteiger partial charge on any atom is -0.478 e. The van der Waals surface area contributed by atoms with Crippen molar-refractivity contribution < 1.29 is 29.4 Å². The number of rotatable bonds is 7. The summed E-state index contributed by atoms with van der Waals surface area (Å²) in [4.78, 5) is 46.2. The van der Waals surface area contributed by atoms with Gasteiger partial charge in [0.1, 0.15) is 5.78 Å². The van der Waals surface area contributed by atoms with Crippen molar-refractivity contribution in [2.45, 2.75) is 86.5 Å². The number of hydrogen-bond acceptors (Lipinski definition) is 5. The minimum atomic E-state index is -0.952. The molecule has 7 rings (SSSR count). The molecule has 8 heteroatoms. The van der Waals surface area contributed by atoms with E-state index >= 15 is 0 Å². The molecule has 0 radical (unpaired) electrons. The van der Waals surface area contributed by atoms with Gasteiger partial charge in [0.05, 0.1) is 16.8 Å². The Hall–Kier alpha value is -5.76. The van der Waals surface area contributed by atoms with Crippen LogP contribution in [-0.2, 0) is 17.6 Å². The summed E-state index contributed by atoms with van der Waals surface area (Å²) in [5, 5.41) is 17.9. The Morgan fingerprint density at radius 1 is 0.672 bits per heavy atom. The van der Waals surface area contributed by atoms with Gasteiger partial charge in [-0.25, -0.2) is 9.59 Å². The summed E-state index contributed by atoms with van der Waals surface area (Å²) in [6.07, 6.45) is 6.09. The molecular weight excluding hydrogens is 725 g/mol. The molecule has 4 N–H and O–H groups in total. The van der Waals surface area contributed by atoms with Gasteiger partial charge in [0.25, 0.3) is 0 Å². The SMILES string of the molecule is CC(C)(C)C1CCC(=O)C(CC(=O)c2ccccc2)C1.CC(C)(C)C1CCc2c(cc(-c3ccccc3)n2-c2cccc(C(=O)O)c2)C1.Nc1cccc(C(=O)O)c1. The number of carbonyl (C=O) groups excluding carboxylic acids is 2. The number of anilines is 1. The van der Waals surface area contributed by atoms with Crippen molar-refractivity contribution in [3.63, 3.8) is 0 Å². The van der Waals surface area contributed by atoms with E-state index in [-0.39, 0.29) is 33.9 Å². The van der Waals surface area contributed by atoms with E-state index in [0.29, 0.717) is 35.9 Å². The Balaban J connectivity index is 0.000000185. The molecule has 1 aromatic heterocycles. The van der Waals surface area contributed by atoms with Crippen molar-refractivity contribution in [2.75, 3.05) is 5.73 Å². The van der Waals surface area contributed by atoms with Crippen LogP contribution in [0.3, 0.4) is 0 Å². The molecule has 4 aromatic carbocycles. The lowest BCUT2D eigenvalue weighted by Gasteiger charge is -2.36. The highest BCUT2D eigenvalue weighted by Gasteiger charge is 2.36. The molecule has 2 aliphatic rings. The van der Waals surface area contributed by atoms with E-state index in [2.05, 4.69) is 76.4 Å². The van der Waals surface area contributed by atoms with Crippen molar-refractivity contribution >= 4 is 29.2 Å². The van der Waals surface area contributed by atoms with E-state index < -0.39 is 11.9 Å². The Morgan fingerprint density at radius 2 is 1.22 bits per heavy atom. The number of benzene rings is 4. The number of carbonyl (C=O) groups is 4. The van der Waals surface area contributed by atoms with Gasteiger partial charge in [-0.1, -0.05) is 114 Å². The van der Waals surface area contributed by atoms with Crippen molar-refractivity contribution in [1.29, 1.82) is 0 Å². The second-order valence-electron chi connectivity index (χ2n) is 17.8. The predicted octanol–water partition coefficient (Wildman–Crippen LogP) is 11.3. The lowest BCUT2D eigenvalue weighted by atomic mass is 9.67. The van der Waals surface area contributed by atoms with Crippen LogP contribution in [-0.4, -0.2) is 38.3 Å². The third-order valence-corrected chi connectivity index (χ3v) is 11.7. The highest BCUT2D eigenvalue weighted by molar-refractivity contribution is 5.99. The largest absolute Gasteiger partial charge is 0.478 e. The highest BCUT2D eigenvalue weighted by atomic mass is 16.4. The standard InChI is InChI=1S/C25H27NO2.C18H24O2.C7H7NO2/c1-25(2,3)20-12-13-22-19(14-20)16-23(17-8-5-4-6-9-17)26(22)21-11-7-10-18(15-21)24(27)28;1-18(2,3)15-9-10-16(19)14(11-15)12-17(20)13-7-5-4-6-8-13;8-6-3-1-2-5(4-6)7(9)10/h4-11,15-16,20H,12-14H2,1-3H3,(H,27,28);4-8,14-15H,9-12H2,1-3H3;1-4H,8H2,(H,9,10). The second-order valence-corrected chi connectivity index (χ2v) is 17.8. The van der Waals surface area contributed by atoms with Crippen LogP contribution in [0.2, 0.25) is 0 Å². The molecule has 3 unspecified atom stereocenters.